The summed E-state index contributed by atoms with van der Waals surface area (Å²) < 4.78 is 13.1. The molecule has 2 amide bonds. The van der Waals surface area contributed by atoms with E-state index >= 15 is 0 Å². The normalized spacial score (nSPS) is 14.0. The molecular weight excluding hydrogens is 339 g/mol. The van der Waals surface area contributed by atoms with Crippen molar-refractivity contribution in [3.63, 3.8) is 0 Å². The Morgan fingerprint density at radius 2 is 1.96 bits per heavy atom. The second kappa shape index (κ2) is 8.85. The van der Waals surface area contributed by atoms with E-state index < -0.39 is 0 Å². The van der Waals surface area contributed by atoms with Gasteiger partial charge >= 0.3 is 6.03 Å². The van der Waals surface area contributed by atoms with Crippen LogP contribution in [0.2, 0.25) is 0 Å². The summed E-state index contributed by atoms with van der Waals surface area (Å²) in [6.45, 7) is 5.44. The first-order valence-corrected chi connectivity index (χ1v) is 9.67. The molecule has 3 nitrogen and oxygen atoms in total. The maximum absolute atomic E-state index is 13.1. The first kappa shape index (κ1) is 19.2. The highest BCUT2D eigenvalue weighted by atomic mass is 19.1. The number of rotatable bonds is 5. The predicted octanol–water partition coefficient (Wildman–Crippen LogP) is 5.80. The molecule has 1 N–H and O–H groups in total. The molecule has 0 unspecified atom stereocenters. The highest BCUT2D eigenvalue weighted by molar-refractivity contribution is 5.90. The van der Waals surface area contributed by atoms with Crippen LogP contribution in [0.1, 0.15) is 42.9 Å². The monoisotopic (exact) mass is 366 g/mol. The Kier molecular flexibility index (Phi) is 6.28. The zero-order valence-corrected chi connectivity index (χ0v) is 16.1. The van der Waals surface area contributed by atoms with Crippen molar-refractivity contribution in [1.82, 2.24) is 4.90 Å². The zero-order valence-electron chi connectivity index (χ0n) is 16.1. The Labute approximate surface area is 160 Å². The number of nitrogens with one attached hydrogen (secondary N) is 1. The van der Waals surface area contributed by atoms with Crippen LogP contribution in [0.4, 0.5) is 14.9 Å². The molecule has 2 aromatic rings. The number of halogens is 1. The van der Waals surface area contributed by atoms with Crippen LogP contribution in [0, 0.1) is 12.7 Å². The lowest BCUT2D eigenvalue weighted by atomic mass is 9.99. The van der Waals surface area contributed by atoms with Crippen molar-refractivity contribution in [2.45, 2.75) is 39.5 Å². The fourth-order valence-electron chi connectivity index (χ4n) is 3.38. The Balaban J connectivity index is 1.60. The van der Waals surface area contributed by atoms with Gasteiger partial charge in [-0.2, -0.15) is 0 Å². The van der Waals surface area contributed by atoms with Gasteiger partial charge in [-0.05, 0) is 66.6 Å². The van der Waals surface area contributed by atoms with E-state index in [1.54, 1.807) is 17.0 Å². The van der Waals surface area contributed by atoms with Gasteiger partial charge in [-0.25, -0.2) is 9.18 Å². The number of anilines is 1. The number of carbonyl (C=O) groups is 1. The fourth-order valence-corrected chi connectivity index (χ4v) is 3.38. The first-order valence-electron chi connectivity index (χ1n) is 9.67. The molecule has 0 aliphatic carbocycles. The standard InChI is InChI=1S/C23H27FN2O/c1-3-4-5-18-6-11-22(17(2)16-18)25-23(27)26-14-12-20(13-15-26)19-7-9-21(24)10-8-19/h6-12,16H,3-5,13-15H2,1-2H3,(H,25,27). The van der Waals surface area contributed by atoms with E-state index in [4.69, 9.17) is 0 Å². The maximum Gasteiger partial charge on any atom is 0.322 e. The van der Waals surface area contributed by atoms with Crippen molar-refractivity contribution >= 4 is 17.3 Å². The lowest BCUT2D eigenvalue weighted by molar-refractivity contribution is 0.217. The smallest absolute Gasteiger partial charge is 0.320 e. The summed E-state index contributed by atoms with van der Waals surface area (Å²) in [5.74, 6) is -0.229. The predicted molar refractivity (Wildman–Crippen MR) is 109 cm³/mol. The Bertz CT molecular complexity index is 827. The number of carbonyl (C=O) groups excluding carboxylic acids is 1. The van der Waals surface area contributed by atoms with Gasteiger partial charge in [0.25, 0.3) is 0 Å². The molecule has 1 aliphatic rings. The van der Waals surface area contributed by atoms with Crippen LogP contribution in [-0.2, 0) is 6.42 Å². The lowest BCUT2D eigenvalue weighted by Crippen LogP contribution is -2.38. The molecule has 0 saturated carbocycles. The van der Waals surface area contributed by atoms with E-state index in [2.05, 4.69) is 30.4 Å². The van der Waals surface area contributed by atoms with Gasteiger partial charge in [-0.1, -0.05) is 43.7 Å². The molecular formula is C23H27FN2O. The summed E-state index contributed by atoms with van der Waals surface area (Å²) in [5, 5.41) is 3.03. The highest BCUT2D eigenvalue weighted by Crippen LogP contribution is 2.24. The summed E-state index contributed by atoms with van der Waals surface area (Å²) in [6, 6.07) is 12.7. The van der Waals surface area contributed by atoms with Crippen molar-refractivity contribution in [1.29, 1.82) is 0 Å². The molecule has 3 rings (SSSR count). The fraction of sp³-hybridized carbons (Fsp3) is 0.348. The largest absolute Gasteiger partial charge is 0.322 e. The SMILES string of the molecule is CCCCc1ccc(NC(=O)N2CC=C(c3ccc(F)cc3)CC2)c(C)c1. The summed E-state index contributed by atoms with van der Waals surface area (Å²) >= 11 is 0. The number of nitrogens with zero attached hydrogens (tertiary/aromatic N) is 1. The minimum Gasteiger partial charge on any atom is -0.320 e. The molecule has 1 aliphatic heterocycles. The van der Waals surface area contributed by atoms with Crippen molar-refractivity contribution in [3.8, 4) is 0 Å². The van der Waals surface area contributed by atoms with Crippen LogP contribution in [0.25, 0.3) is 5.57 Å². The number of amides is 2. The molecule has 0 saturated heterocycles. The molecule has 0 radical (unpaired) electrons. The highest BCUT2D eigenvalue weighted by Gasteiger charge is 2.18. The third-order valence-electron chi connectivity index (χ3n) is 5.06. The number of unbranched alkanes of at least 4 members (excludes halogenated alkanes) is 1. The maximum atomic E-state index is 13.1. The van der Waals surface area contributed by atoms with Gasteiger partial charge in [0, 0.05) is 18.8 Å². The number of benzene rings is 2. The molecule has 0 fully saturated rings. The summed E-state index contributed by atoms with van der Waals surface area (Å²) in [7, 11) is 0. The van der Waals surface area contributed by atoms with Gasteiger partial charge in [-0.15, -0.1) is 0 Å². The molecule has 0 spiro atoms. The minimum absolute atomic E-state index is 0.0752. The van der Waals surface area contributed by atoms with E-state index in [0.717, 1.165) is 35.2 Å². The lowest BCUT2D eigenvalue weighted by Gasteiger charge is -2.27. The molecule has 4 heteroatoms. The van der Waals surface area contributed by atoms with Gasteiger partial charge < -0.3 is 10.2 Å². The van der Waals surface area contributed by atoms with E-state index in [1.165, 1.54) is 30.5 Å². The van der Waals surface area contributed by atoms with Gasteiger partial charge in [0.05, 0.1) is 0 Å². The van der Waals surface area contributed by atoms with Crippen molar-refractivity contribution in [3.05, 3.63) is 71.0 Å². The van der Waals surface area contributed by atoms with Crippen LogP contribution < -0.4 is 5.32 Å². The molecule has 1 heterocycles. The van der Waals surface area contributed by atoms with Crippen LogP contribution in [0.3, 0.4) is 0 Å². The number of hydrogen-bond donors (Lipinski definition) is 1. The van der Waals surface area contributed by atoms with Gasteiger partial charge in [0.2, 0.25) is 0 Å². The Morgan fingerprint density at radius 1 is 1.19 bits per heavy atom. The van der Waals surface area contributed by atoms with Crippen LogP contribution >= 0.6 is 0 Å². The van der Waals surface area contributed by atoms with Crippen LogP contribution in [0.5, 0.6) is 0 Å². The molecule has 0 aromatic heterocycles. The molecule has 0 bridgehead atoms. The van der Waals surface area contributed by atoms with Crippen molar-refractivity contribution < 1.29 is 9.18 Å². The van der Waals surface area contributed by atoms with Gasteiger partial charge in [0.1, 0.15) is 5.82 Å². The Hall–Kier alpha value is -2.62. The first-order chi connectivity index (χ1) is 13.1. The summed E-state index contributed by atoms with van der Waals surface area (Å²) in [5.41, 5.74) is 5.47. The zero-order chi connectivity index (χ0) is 19.2. The second-order valence-electron chi connectivity index (χ2n) is 7.12. The molecule has 142 valence electrons. The summed E-state index contributed by atoms with van der Waals surface area (Å²) in [6.07, 6.45) is 6.27. The van der Waals surface area contributed by atoms with Crippen molar-refractivity contribution in [2.24, 2.45) is 0 Å². The van der Waals surface area contributed by atoms with Gasteiger partial charge in [-0.3, -0.25) is 0 Å². The summed E-state index contributed by atoms with van der Waals surface area (Å²) in [4.78, 5) is 14.4. The molecule has 27 heavy (non-hydrogen) atoms. The number of urea groups is 1. The number of aryl methyl sites for hydroxylation is 2. The van der Waals surface area contributed by atoms with Gasteiger partial charge in [0.15, 0.2) is 0 Å². The number of hydrogen-bond acceptors (Lipinski definition) is 1. The van der Waals surface area contributed by atoms with E-state index in [-0.39, 0.29) is 11.8 Å². The average Bonchev–Trinajstić information content (AvgIpc) is 2.69. The van der Waals surface area contributed by atoms with Crippen LogP contribution in [-0.4, -0.2) is 24.0 Å². The molecule has 0 atom stereocenters. The third-order valence-corrected chi connectivity index (χ3v) is 5.06. The topological polar surface area (TPSA) is 32.3 Å². The van der Waals surface area contributed by atoms with E-state index in [1.807, 2.05) is 13.0 Å². The minimum atomic E-state index is -0.229. The third kappa shape index (κ3) is 4.97. The van der Waals surface area contributed by atoms with Crippen molar-refractivity contribution in [2.75, 3.05) is 18.4 Å². The van der Waals surface area contributed by atoms with E-state index in [0.29, 0.717) is 13.1 Å². The molecule has 2 aromatic carbocycles. The second-order valence-corrected chi connectivity index (χ2v) is 7.12. The average molecular weight is 366 g/mol. The van der Waals surface area contributed by atoms with E-state index in [9.17, 15) is 9.18 Å². The van der Waals surface area contributed by atoms with Crippen LogP contribution in [0.15, 0.2) is 48.5 Å². The Morgan fingerprint density at radius 3 is 2.59 bits per heavy atom. The quantitative estimate of drug-likeness (QED) is 0.713.